The molecule has 0 aliphatic carbocycles. The fourth-order valence-electron chi connectivity index (χ4n) is 3.34. The molecule has 124 valence electrons. The summed E-state index contributed by atoms with van der Waals surface area (Å²) in [6, 6.07) is 11.7. The van der Waals surface area contributed by atoms with Crippen molar-refractivity contribution in [3.63, 3.8) is 0 Å². The van der Waals surface area contributed by atoms with Crippen molar-refractivity contribution in [1.82, 2.24) is 14.6 Å². The molecule has 5 nitrogen and oxygen atoms in total. The Bertz CT molecular complexity index is 786. The maximum atomic E-state index is 6.17. The lowest BCUT2D eigenvalue weighted by atomic mass is 9.88. The van der Waals surface area contributed by atoms with Crippen molar-refractivity contribution in [3.8, 4) is 0 Å². The highest BCUT2D eigenvalue weighted by atomic mass is 35.5. The lowest BCUT2D eigenvalue weighted by molar-refractivity contribution is -0.180. The van der Waals surface area contributed by atoms with E-state index in [2.05, 4.69) is 4.98 Å². The first-order chi connectivity index (χ1) is 11.7. The predicted octanol–water partition coefficient (Wildman–Crippen LogP) is 4.03. The average Bonchev–Trinajstić information content (AvgIpc) is 3.31. The summed E-state index contributed by atoms with van der Waals surface area (Å²) >= 11 is 6.00. The number of halogens is 1. The molecular weight excluding hydrogens is 326 g/mol. The van der Waals surface area contributed by atoms with E-state index in [9.17, 15) is 0 Å². The van der Waals surface area contributed by atoms with Crippen molar-refractivity contribution in [2.24, 2.45) is 0 Å². The monoisotopic (exact) mass is 343 g/mol. The number of nitrogens with zero attached hydrogens (tertiary/aromatic N) is 3. The number of furan rings is 1. The molecule has 3 aromatic rings. The van der Waals surface area contributed by atoms with Gasteiger partial charge in [-0.1, -0.05) is 23.7 Å². The molecule has 1 saturated heterocycles. The highest BCUT2D eigenvalue weighted by molar-refractivity contribution is 6.30. The van der Waals surface area contributed by atoms with Gasteiger partial charge in [0.15, 0.2) is 0 Å². The van der Waals surface area contributed by atoms with Gasteiger partial charge >= 0.3 is 0 Å². The fourth-order valence-corrected chi connectivity index (χ4v) is 3.47. The molecule has 2 atom stereocenters. The van der Waals surface area contributed by atoms with Crippen molar-refractivity contribution in [3.05, 3.63) is 77.7 Å². The number of benzene rings is 1. The minimum Gasteiger partial charge on any atom is -0.467 e. The Hall–Kier alpha value is -2.08. The zero-order valence-corrected chi connectivity index (χ0v) is 14.1. The molecule has 1 aliphatic rings. The summed E-state index contributed by atoms with van der Waals surface area (Å²) in [5, 5.41) is 2.63. The van der Waals surface area contributed by atoms with Crippen LogP contribution in [0.4, 0.5) is 0 Å². The first-order valence-corrected chi connectivity index (χ1v) is 8.21. The van der Waals surface area contributed by atoms with E-state index in [1.165, 1.54) is 0 Å². The van der Waals surface area contributed by atoms with Crippen LogP contribution in [-0.2, 0) is 16.9 Å². The van der Waals surface area contributed by atoms with Crippen molar-refractivity contribution in [1.29, 1.82) is 0 Å². The van der Waals surface area contributed by atoms with Crippen LogP contribution in [0.5, 0.6) is 0 Å². The zero-order valence-electron chi connectivity index (χ0n) is 13.3. The lowest BCUT2D eigenvalue weighted by Gasteiger charge is -2.32. The van der Waals surface area contributed by atoms with E-state index in [1.807, 2.05) is 65.6 Å². The van der Waals surface area contributed by atoms with E-state index in [1.54, 1.807) is 12.5 Å². The van der Waals surface area contributed by atoms with Crippen LogP contribution < -0.4 is 0 Å². The first kappa shape index (κ1) is 15.4. The van der Waals surface area contributed by atoms with E-state index in [4.69, 9.17) is 20.9 Å². The van der Waals surface area contributed by atoms with Crippen LogP contribution >= 0.6 is 11.6 Å². The molecule has 0 bridgehead atoms. The van der Waals surface area contributed by atoms with Crippen LogP contribution in [0.1, 0.15) is 23.8 Å². The molecule has 0 spiro atoms. The van der Waals surface area contributed by atoms with E-state index in [-0.39, 0.29) is 6.10 Å². The van der Waals surface area contributed by atoms with Crippen LogP contribution in [0.2, 0.25) is 5.02 Å². The van der Waals surface area contributed by atoms with Crippen molar-refractivity contribution in [2.45, 2.75) is 24.6 Å². The lowest BCUT2D eigenvalue weighted by Crippen LogP contribution is -2.41. The molecule has 1 aromatic carbocycles. The molecule has 2 aromatic heterocycles. The van der Waals surface area contributed by atoms with Crippen molar-refractivity contribution in [2.75, 3.05) is 7.05 Å². The Labute approximate surface area is 145 Å². The normalized spacial score (nSPS) is 24.5. The Kier molecular flexibility index (Phi) is 3.92. The smallest absolute Gasteiger partial charge is 0.128 e. The summed E-state index contributed by atoms with van der Waals surface area (Å²) in [5.74, 6) is 0.884. The Morgan fingerprint density at radius 3 is 2.79 bits per heavy atom. The molecule has 4 rings (SSSR count). The highest BCUT2D eigenvalue weighted by Gasteiger charge is 2.49. The van der Waals surface area contributed by atoms with Gasteiger partial charge in [0.2, 0.25) is 0 Å². The van der Waals surface area contributed by atoms with Crippen LogP contribution in [0.25, 0.3) is 0 Å². The number of hydrogen-bond donors (Lipinski definition) is 0. The van der Waals surface area contributed by atoms with Gasteiger partial charge in [0.25, 0.3) is 0 Å². The molecule has 3 heterocycles. The van der Waals surface area contributed by atoms with Crippen molar-refractivity contribution < 1.29 is 9.25 Å². The van der Waals surface area contributed by atoms with Gasteiger partial charge in [-0.05, 0) is 29.8 Å². The van der Waals surface area contributed by atoms with Crippen molar-refractivity contribution >= 4 is 11.6 Å². The molecule has 1 fully saturated rings. The summed E-state index contributed by atoms with van der Waals surface area (Å²) < 4.78 is 7.82. The Balaban J connectivity index is 1.69. The van der Waals surface area contributed by atoms with Gasteiger partial charge in [-0.25, -0.2) is 4.98 Å². The van der Waals surface area contributed by atoms with Gasteiger partial charge in [0, 0.05) is 30.9 Å². The van der Waals surface area contributed by atoms with E-state index in [0.717, 1.165) is 22.8 Å². The van der Waals surface area contributed by atoms with Crippen LogP contribution in [0.15, 0.2) is 65.8 Å². The summed E-state index contributed by atoms with van der Waals surface area (Å²) in [4.78, 5) is 10.3. The standard InChI is InChI=1S/C18H18ClN3O2/c1-21-18(17-3-2-10-23-17,12-22-9-8-20-13-22)11-16(24-21)14-4-6-15(19)7-5-14/h2-10,13,16H,11-12H2,1H3/t16-,18?/m1/s1. The highest BCUT2D eigenvalue weighted by Crippen LogP contribution is 2.47. The third-order valence-electron chi connectivity index (χ3n) is 4.64. The third kappa shape index (κ3) is 2.65. The zero-order chi connectivity index (χ0) is 16.6. The van der Waals surface area contributed by atoms with Gasteiger partial charge in [0.1, 0.15) is 17.4 Å². The number of rotatable bonds is 4. The van der Waals surface area contributed by atoms with Crippen LogP contribution in [-0.4, -0.2) is 21.7 Å². The largest absolute Gasteiger partial charge is 0.467 e. The molecule has 0 N–H and O–H groups in total. The van der Waals surface area contributed by atoms with E-state index in [0.29, 0.717) is 6.54 Å². The Morgan fingerprint density at radius 2 is 2.12 bits per heavy atom. The molecule has 1 unspecified atom stereocenters. The Morgan fingerprint density at radius 1 is 1.29 bits per heavy atom. The molecule has 6 heteroatoms. The van der Waals surface area contributed by atoms with E-state index >= 15 is 0 Å². The molecule has 24 heavy (non-hydrogen) atoms. The van der Waals surface area contributed by atoms with Crippen LogP contribution in [0.3, 0.4) is 0 Å². The summed E-state index contributed by atoms with van der Waals surface area (Å²) in [6.07, 6.45) is 7.97. The van der Waals surface area contributed by atoms with E-state index < -0.39 is 5.54 Å². The van der Waals surface area contributed by atoms with Gasteiger partial charge < -0.3 is 8.98 Å². The third-order valence-corrected chi connectivity index (χ3v) is 4.89. The number of aromatic nitrogens is 2. The molecule has 0 amide bonds. The number of imidazole rings is 1. The fraction of sp³-hybridized carbons (Fsp3) is 0.278. The second kappa shape index (κ2) is 6.09. The molecule has 0 radical (unpaired) electrons. The SMILES string of the molecule is CN1O[C@@H](c2ccc(Cl)cc2)CC1(Cn1ccnc1)c1ccco1. The quantitative estimate of drug-likeness (QED) is 0.717. The predicted molar refractivity (Wildman–Crippen MR) is 90.3 cm³/mol. The minimum absolute atomic E-state index is 0.0547. The first-order valence-electron chi connectivity index (χ1n) is 7.83. The van der Waals surface area contributed by atoms with Crippen LogP contribution in [0, 0.1) is 0 Å². The van der Waals surface area contributed by atoms with Gasteiger partial charge in [-0.2, -0.15) is 5.06 Å². The number of likely N-dealkylation sites (N-methyl/N-ethyl adjacent to an activating group) is 1. The van der Waals surface area contributed by atoms with Gasteiger partial charge in [-0.3, -0.25) is 4.84 Å². The molecule has 1 aliphatic heterocycles. The number of hydroxylamine groups is 2. The van der Waals surface area contributed by atoms with Gasteiger partial charge in [0.05, 0.1) is 19.1 Å². The second-order valence-corrected chi connectivity index (χ2v) is 6.53. The van der Waals surface area contributed by atoms with Gasteiger partial charge in [-0.15, -0.1) is 0 Å². The minimum atomic E-state index is -0.394. The second-order valence-electron chi connectivity index (χ2n) is 6.09. The number of hydrogen-bond acceptors (Lipinski definition) is 4. The summed E-state index contributed by atoms with van der Waals surface area (Å²) in [6.45, 7) is 0.696. The molecular formula is C18H18ClN3O2. The summed E-state index contributed by atoms with van der Waals surface area (Å²) in [5.41, 5.74) is 0.708. The average molecular weight is 344 g/mol. The topological polar surface area (TPSA) is 43.4 Å². The maximum absolute atomic E-state index is 6.17. The summed E-state index contributed by atoms with van der Waals surface area (Å²) in [7, 11) is 1.95. The maximum Gasteiger partial charge on any atom is 0.128 e. The molecule has 0 saturated carbocycles.